The summed E-state index contributed by atoms with van der Waals surface area (Å²) in [6.45, 7) is 0. The summed E-state index contributed by atoms with van der Waals surface area (Å²) in [6, 6.07) is 0. The average molecular weight is 170 g/mol. The SMILES string of the molecule is O=C(O)OC1=CCCCCCC1. The molecule has 0 aromatic rings. The van der Waals surface area contributed by atoms with Crippen molar-refractivity contribution < 1.29 is 14.6 Å². The van der Waals surface area contributed by atoms with E-state index in [2.05, 4.69) is 4.74 Å². The first-order valence-corrected chi connectivity index (χ1v) is 4.39. The molecule has 0 atom stereocenters. The highest BCUT2D eigenvalue weighted by molar-refractivity contribution is 5.58. The third kappa shape index (κ3) is 3.42. The van der Waals surface area contributed by atoms with E-state index < -0.39 is 6.16 Å². The van der Waals surface area contributed by atoms with Crippen LogP contribution in [-0.4, -0.2) is 11.3 Å². The lowest BCUT2D eigenvalue weighted by molar-refractivity contribution is 0.115. The van der Waals surface area contributed by atoms with Gasteiger partial charge in [0.1, 0.15) is 5.76 Å². The van der Waals surface area contributed by atoms with Gasteiger partial charge in [-0.15, -0.1) is 0 Å². The Hall–Kier alpha value is -0.990. The first-order valence-electron chi connectivity index (χ1n) is 4.39. The second-order valence-corrected chi connectivity index (χ2v) is 2.99. The Kier molecular flexibility index (Phi) is 3.64. The predicted octanol–water partition coefficient (Wildman–Crippen LogP) is 2.92. The fraction of sp³-hybridized carbons (Fsp3) is 0.667. The third-order valence-corrected chi connectivity index (χ3v) is 1.97. The molecule has 1 rings (SSSR count). The molecule has 1 aliphatic rings. The van der Waals surface area contributed by atoms with Crippen LogP contribution in [0.4, 0.5) is 4.79 Å². The topological polar surface area (TPSA) is 46.5 Å². The van der Waals surface area contributed by atoms with E-state index in [1.165, 1.54) is 12.8 Å². The molecule has 3 nitrogen and oxygen atoms in total. The van der Waals surface area contributed by atoms with Crippen molar-refractivity contribution in [2.75, 3.05) is 0 Å². The van der Waals surface area contributed by atoms with Gasteiger partial charge in [0, 0.05) is 6.42 Å². The molecule has 0 unspecified atom stereocenters. The van der Waals surface area contributed by atoms with Crippen molar-refractivity contribution in [3.8, 4) is 0 Å². The first-order chi connectivity index (χ1) is 5.79. The Bertz CT molecular complexity index is 184. The van der Waals surface area contributed by atoms with Crippen LogP contribution >= 0.6 is 0 Å². The van der Waals surface area contributed by atoms with E-state index in [4.69, 9.17) is 5.11 Å². The van der Waals surface area contributed by atoms with Gasteiger partial charge in [0.2, 0.25) is 0 Å². The summed E-state index contributed by atoms with van der Waals surface area (Å²) in [5.41, 5.74) is 0. The van der Waals surface area contributed by atoms with Crippen LogP contribution in [0.3, 0.4) is 0 Å². The van der Waals surface area contributed by atoms with E-state index in [-0.39, 0.29) is 0 Å². The molecule has 3 heteroatoms. The summed E-state index contributed by atoms with van der Waals surface area (Å²) in [5.74, 6) is 0.627. The Balaban J connectivity index is 2.41. The first kappa shape index (κ1) is 9.10. The van der Waals surface area contributed by atoms with Crippen molar-refractivity contribution in [1.29, 1.82) is 0 Å². The highest BCUT2D eigenvalue weighted by Crippen LogP contribution is 2.17. The lowest BCUT2D eigenvalue weighted by Crippen LogP contribution is -2.01. The monoisotopic (exact) mass is 170 g/mol. The maximum absolute atomic E-state index is 10.2. The minimum absolute atomic E-state index is 0.627. The standard InChI is InChI=1S/C9H14O3/c10-9(11)12-8-6-4-2-1-3-5-7-8/h6H,1-5,7H2,(H,10,11). The zero-order chi connectivity index (χ0) is 8.81. The van der Waals surface area contributed by atoms with Crippen molar-refractivity contribution in [2.24, 2.45) is 0 Å². The van der Waals surface area contributed by atoms with Crippen molar-refractivity contribution >= 4 is 6.16 Å². The van der Waals surface area contributed by atoms with Crippen LogP contribution in [0.2, 0.25) is 0 Å². The molecule has 1 N–H and O–H groups in total. The zero-order valence-corrected chi connectivity index (χ0v) is 7.08. The van der Waals surface area contributed by atoms with E-state index in [0.717, 1.165) is 25.7 Å². The summed E-state index contributed by atoms with van der Waals surface area (Å²) >= 11 is 0. The fourth-order valence-electron chi connectivity index (χ4n) is 1.37. The molecule has 0 aromatic carbocycles. The Morgan fingerprint density at radius 3 is 2.83 bits per heavy atom. The Labute approximate surface area is 72.0 Å². The minimum atomic E-state index is -1.19. The van der Waals surface area contributed by atoms with Gasteiger partial charge >= 0.3 is 6.16 Å². The van der Waals surface area contributed by atoms with Crippen molar-refractivity contribution in [3.63, 3.8) is 0 Å². The molecule has 0 heterocycles. The second kappa shape index (κ2) is 4.80. The summed E-state index contributed by atoms with van der Waals surface area (Å²) in [5, 5.41) is 8.36. The third-order valence-electron chi connectivity index (χ3n) is 1.97. The van der Waals surface area contributed by atoms with Crippen molar-refractivity contribution in [1.82, 2.24) is 0 Å². The molecular weight excluding hydrogens is 156 g/mol. The number of allylic oxidation sites excluding steroid dienone is 2. The predicted molar refractivity (Wildman–Crippen MR) is 44.9 cm³/mol. The normalized spacial score (nSPS) is 18.8. The molecule has 0 saturated heterocycles. The molecule has 0 amide bonds. The van der Waals surface area contributed by atoms with Gasteiger partial charge in [-0.25, -0.2) is 4.79 Å². The molecule has 0 bridgehead atoms. The Morgan fingerprint density at radius 1 is 1.33 bits per heavy atom. The number of hydrogen-bond donors (Lipinski definition) is 1. The molecule has 0 spiro atoms. The molecule has 0 aromatic heterocycles. The maximum atomic E-state index is 10.2. The summed E-state index contributed by atoms with van der Waals surface area (Å²) in [6.07, 6.45) is 7.03. The van der Waals surface area contributed by atoms with Gasteiger partial charge in [0.25, 0.3) is 0 Å². The van der Waals surface area contributed by atoms with Crippen molar-refractivity contribution in [3.05, 3.63) is 11.8 Å². The molecule has 0 aliphatic heterocycles. The molecule has 0 fully saturated rings. The van der Waals surface area contributed by atoms with E-state index in [0.29, 0.717) is 5.76 Å². The van der Waals surface area contributed by atoms with Crippen LogP contribution in [-0.2, 0) is 4.74 Å². The van der Waals surface area contributed by atoms with Crippen LogP contribution in [0.25, 0.3) is 0 Å². The van der Waals surface area contributed by atoms with Gasteiger partial charge in [-0.3, -0.25) is 0 Å². The largest absolute Gasteiger partial charge is 0.511 e. The number of carboxylic acid groups (broad SMARTS) is 1. The highest BCUT2D eigenvalue weighted by Gasteiger charge is 2.06. The van der Waals surface area contributed by atoms with Crippen LogP contribution in [0.5, 0.6) is 0 Å². The summed E-state index contributed by atoms with van der Waals surface area (Å²) < 4.78 is 4.60. The molecule has 1 aliphatic carbocycles. The minimum Gasteiger partial charge on any atom is -0.449 e. The quantitative estimate of drug-likeness (QED) is 0.615. The van der Waals surface area contributed by atoms with Crippen LogP contribution < -0.4 is 0 Å². The average Bonchev–Trinajstić information content (AvgIpc) is 1.93. The smallest absolute Gasteiger partial charge is 0.449 e. The second-order valence-electron chi connectivity index (χ2n) is 2.99. The van der Waals surface area contributed by atoms with Crippen molar-refractivity contribution in [2.45, 2.75) is 38.5 Å². The fourth-order valence-corrected chi connectivity index (χ4v) is 1.37. The zero-order valence-electron chi connectivity index (χ0n) is 7.08. The lowest BCUT2D eigenvalue weighted by Gasteiger charge is -2.08. The molecule has 12 heavy (non-hydrogen) atoms. The highest BCUT2D eigenvalue weighted by atomic mass is 16.7. The molecular formula is C9H14O3. The molecule has 68 valence electrons. The van der Waals surface area contributed by atoms with E-state index in [9.17, 15) is 4.79 Å². The maximum Gasteiger partial charge on any atom is 0.511 e. The van der Waals surface area contributed by atoms with Gasteiger partial charge in [0.15, 0.2) is 0 Å². The molecule has 0 saturated carbocycles. The van der Waals surface area contributed by atoms with Gasteiger partial charge in [-0.05, 0) is 25.3 Å². The van der Waals surface area contributed by atoms with Crippen LogP contribution in [0, 0.1) is 0 Å². The van der Waals surface area contributed by atoms with E-state index in [1.807, 2.05) is 6.08 Å². The number of ether oxygens (including phenoxy) is 1. The Morgan fingerprint density at radius 2 is 2.08 bits per heavy atom. The lowest BCUT2D eigenvalue weighted by atomic mass is 10.1. The van der Waals surface area contributed by atoms with Crippen LogP contribution in [0.15, 0.2) is 11.8 Å². The van der Waals surface area contributed by atoms with Gasteiger partial charge in [-0.1, -0.05) is 12.8 Å². The molecule has 0 radical (unpaired) electrons. The van der Waals surface area contributed by atoms with E-state index >= 15 is 0 Å². The number of rotatable bonds is 1. The summed E-state index contributed by atoms with van der Waals surface area (Å²) in [7, 11) is 0. The van der Waals surface area contributed by atoms with Gasteiger partial charge in [0.05, 0.1) is 0 Å². The van der Waals surface area contributed by atoms with Gasteiger partial charge < -0.3 is 9.84 Å². The summed E-state index contributed by atoms with van der Waals surface area (Å²) in [4.78, 5) is 10.2. The number of carbonyl (C=O) groups is 1. The number of hydrogen-bond acceptors (Lipinski definition) is 2. The van der Waals surface area contributed by atoms with E-state index in [1.54, 1.807) is 0 Å². The van der Waals surface area contributed by atoms with Crippen LogP contribution in [0.1, 0.15) is 38.5 Å². The van der Waals surface area contributed by atoms with Gasteiger partial charge in [-0.2, -0.15) is 0 Å².